The molecule has 0 aliphatic carbocycles. The van der Waals surface area contributed by atoms with Crippen LogP contribution in [0.2, 0.25) is 10.0 Å². The third-order valence-electron chi connectivity index (χ3n) is 2.80. The summed E-state index contributed by atoms with van der Waals surface area (Å²) in [4.78, 5) is 22.9. The Morgan fingerprint density at radius 2 is 1.77 bits per heavy atom. The standard InChI is InChI=1S/C15H12Cl2N2O3/c16-11-6-5-9(7-12(11)17)18-8-14(20)19-13-4-2-1-3-10(13)15(21)22/h1-7,18H,8H2,(H,19,20)(H,21,22). The number of anilines is 2. The summed E-state index contributed by atoms with van der Waals surface area (Å²) in [6.45, 7) is -0.0358. The van der Waals surface area contributed by atoms with Crippen molar-refractivity contribution < 1.29 is 14.7 Å². The second-order valence-electron chi connectivity index (χ2n) is 4.38. The van der Waals surface area contributed by atoms with Crippen LogP contribution in [0.25, 0.3) is 0 Å². The molecule has 0 fully saturated rings. The smallest absolute Gasteiger partial charge is 0.337 e. The molecule has 0 atom stereocenters. The van der Waals surface area contributed by atoms with Crippen LogP contribution in [0.4, 0.5) is 11.4 Å². The summed E-state index contributed by atoms with van der Waals surface area (Å²) in [5, 5.41) is 15.3. The molecule has 0 aromatic heterocycles. The number of carboxylic acids is 1. The minimum Gasteiger partial charge on any atom is -0.478 e. The van der Waals surface area contributed by atoms with E-state index in [0.717, 1.165) is 0 Å². The summed E-state index contributed by atoms with van der Waals surface area (Å²) in [5.74, 6) is -1.48. The SMILES string of the molecule is O=C(CNc1ccc(Cl)c(Cl)c1)Nc1ccccc1C(=O)O. The molecule has 7 heteroatoms. The van der Waals surface area contributed by atoms with Crippen molar-refractivity contribution in [1.29, 1.82) is 0 Å². The molecule has 0 spiro atoms. The second-order valence-corrected chi connectivity index (χ2v) is 5.20. The molecule has 0 aliphatic rings. The molecule has 5 nitrogen and oxygen atoms in total. The van der Waals surface area contributed by atoms with Gasteiger partial charge in [-0.3, -0.25) is 4.79 Å². The number of nitrogens with one attached hydrogen (secondary N) is 2. The quantitative estimate of drug-likeness (QED) is 0.775. The van der Waals surface area contributed by atoms with E-state index in [1.807, 2.05) is 0 Å². The van der Waals surface area contributed by atoms with Crippen LogP contribution < -0.4 is 10.6 Å². The lowest BCUT2D eigenvalue weighted by Crippen LogP contribution is -2.22. The van der Waals surface area contributed by atoms with Gasteiger partial charge < -0.3 is 15.7 Å². The van der Waals surface area contributed by atoms with Gasteiger partial charge in [0.2, 0.25) is 5.91 Å². The maximum atomic E-state index is 11.9. The maximum Gasteiger partial charge on any atom is 0.337 e. The highest BCUT2D eigenvalue weighted by Crippen LogP contribution is 2.24. The summed E-state index contributed by atoms with van der Waals surface area (Å²) in [6, 6.07) is 11.1. The molecule has 2 aromatic carbocycles. The zero-order chi connectivity index (χ0) is 16.1. The number of carboxylic acid groups (broad SMARTS) is 1. The normalized spacial score (nSPS) is 10.1. The fraction of sp³-hybridized carbons (Fsp3) is 0.0667. The Hall–Kier alpha value is -2.24. The zero-order valence-electron chi connectivity index (χ0n) is 11.3. The summed E-state index contributed by atoms with van der Waals surface area (Å²) in [5.41, 5.74) is 0.914. The third-order valence-corrected chi connectivity index (χ3v) is 3.54. The van der Waals surface area contributed by atoms with E-state index in [9.17, 15) is 9.59 Å². The van der Waals surface area contributed by atoms with Crippen LogP contribution >= 0.6 is 23.2 Å². The van der Waals surface area contributed by atoms with Crippen molar-refractivity contribution >= 4 is 46.5 Å². The van der Waals surface area contributed by atoms with E-state index in [-0.39, 0.29) is 23.7 Å². The van der Waals surface area contributed by atoms with Gasteiger partial charge in [-0.2, -0.15) is 0 Å². The Balaban J connectivity index is 1.99. The largest absolute Gasteiger partial charge is 0.478 e. The summed E-state index contributed by atoms with van der Waals surface area (Å²) < 4.78 is 0. The molecular formula is C15H12Cl2N2O3. The van der Waals surface area contributed by atoms with Crippen molar-refractivity contribution in [1.82, 2.24) is 0 Å². The molecule has 1 amide bonds. The van der Waals surface area contributed by atoms with Crippen molar-refractivity contribution in [3.05, 3.63) is 58.1 Å². The molecule has 3 N–H and O–H groups in total. The monoisotopic (exact) mass is 338 g/mol. The summed E-state index contributed by atoms with van der Waals surface area (Å²) >= 11 is 11.7. The lowest BCUT2D eigenvalue weighted by molar-refractivity contribution is -0.114. The van der Waals surface area contributed by atoms with Gasteiger partial charge in [-0.05, 0) is 30.3 Å². The highest BCUT2D eigenvalue weighted by Gasteiger charge is 2.11. The summed E-state index contributed by atoms with van der Waals surface area (Å²) in [6.07, 6.45) is 0. The van der Waals surface area contributed by atoms with Crippen LogP contribution in [-0.2, 0) is 4.79 Å². The molecule has 0 bridgehead atoms. The molecule has 0 aliphatic heterocycles. The van der Waals surface area contributed by atoms with Gasteiger partial charge in [0.15, 0.2) is 0 Å². The predicted octanol–water partition coefficient (Wildman–Crippen LogP) is 3.74. The Bertz CT molecular complexity index is 720. The molecule has 0 heterocycles. The van der Waals surface area contributed by atoms with Gasteiger partial charge in [0.25, 0.3) is 0 Å². The van der Waals surface area contributed by atoms with Crippen molar-refractivity contribution in [2.45, 2.75) is 0 Å². The van der Waals surface area contributed by atoms with Crippen LogP contribution in [0.5, 0.6) is 0 Å². The molecule has 2 rings (SSSR count). The molecule has 114 valence electrons. The molecular weight excluding hydrogens is 327 g/mol. The predicted molar refractivity (Wildman–Crippen MR) is 87.0 cm³/mol. The third kappa shape index (κ3) is 4.13. The van der Waals surface area contributed by atoms with Gasteiger partial charge in [-0.15, -0.1) is 0 Å². The number of aromatic carboxylic acids is 1. The number of hydrogen-bond acceptors (Lipinski definition) is 3. The first-order valence-corrected chi connectivity index (χ1v) is 7.04. The van der Waals surface area contributed by atoms with Gasteiger partial charge >= 0.3 is 5.97 Å². The van der Waals surface area contributed by atoms with Gasteiger partial charge in [0.1, 0.15) is 0 Å². The van der Waals surface area contributed by atoms with E-state index in [4.69, 9.17) is 28.3 Å². The van der Waals surface area contributed by atoms with Crippen molar-refractivity contribution in [3.63, 3.8) is 0 Å². The molecule has 0 radical (unpaired) electrons. The number of para-hydroxylation sites is 1. The van der Waals surface area contributed by atoms with Gasteiger partial charge in [0.05, 0.1) is 27.8 Å². The van der Waals surface area contributed by atoms with Crippen LogP contribution in [0.1, 0.15) is 10.4 Å². The Kier molecular flexibility index (Phi) is 5.25. The highest BCUT2D eigenvalue weighted by molar-refractivity contribution is 6.42. The van der Waals surface area contributed by atoms with E-state index in [1.165, 1.54) is 12.1 Å². The van der Waals surface area contributed by atoms with Crippen molar-refractivity contribution in [2.75, 3.05) is 17.2 Å². The van der Waals surface area contributed by atoms with Gasteiger partial charge in [0, 0.05) is 5.69 Å². The second kappa shape index (κ2) is 7.15. The van der Waals surface area contributed by atoms with E-state index in [1.54, 1.807) is 30.3 Å². The number of amides is 1. The van der Waals surface area contributed by atoms with E-state index in [0.29, 0.717) is 15.7 Å². The van der Waals surface area contributed by atoms with Crippen LogP contribution in [0.3, 0.4) is 0 Å². The fourth-order valence-corrected chi connectivity index (χ4v) is 2.06. The van der Waals surface area contributed by atoms with Gasteiger partial charge in [-0.25, -0.2) is 4.79 Å². The lowest BCUT2D eigenvalue weighted by Gasteiger charge is -2.10. The van der Waals surface area contributed by atoms with E-state index < -0.39 is 5.97 Å². The minimum absolute atomic E-state index is 0.0328. The van der Waals surface area contributed by atoms with Crippen molar-refractivity contribution in [3.8, 4) is 0 Å². The van der Waals surface area contributed by atoms with Crippen LogP contribution in [0, 0.1) is 0 Å². The maximum absolute atomic E-state index is 11.9. The van der Waals surface area contributed by atoms with Crippen molar-refractivity contribution in [2.24, 2.45) is 0 Å². The lowest BCUT2D eigenvalue weighted by atomic mass is 10.2. The number of carbonyl (C=O) groups excluding carboxylic acids is 1. The molecule has 0 saturated carbocycles. The molecule has 22 heavy (non-hydrogen) atoms. The molecule has 0 saturated heterocycles. The topological polar surface area (TPSA) is 78.4 Å². The first kappa shape index (κ1) is 16.1. The first-order chi connectivity index (χ1) is 10.5. The Labute approximate surface area is 136 Å². The van der Waals surface area contributed by atoms with Crippen LogP contribution in [-0.4, -0.2) is 23.5 Å². The average molecular weight is 339 g/mol. The Morgan fingerprint density at radius 3 is 2.45 bits per heavy atom. The summed E-state index contributed by atoms with van der Waals surface area (Å²) in [7, 11) is 0. The number of hydrogen-bond donors (Lipinski definition) is 3. The number of halogens is 2. The number of benzene rings is 2. The van der Waals surface area contributed by atoms with Gasteiger partial charge in [-0.1, -0.05) is 35.3 Å². The number of rotatable bonds is 5. The Morgan fingerprint density at radius 1 is 1.05 bits per heavy atom. The average Bonchev–Trinajstić information content (AvgIpc) is 2.49. The highest BCUT2D eigenvalue weighted by atomic mass is 35.5. The molecule has 0 unspecified atom stereocenters. The molecule has 2 aromatic rings. The number of carbonyl (C=O) groups is 2. The fourth-order valence-electron chi connectivity index (χ4n) is 1.76. The minimum atomic E-state index is -1.10. The van der Waals surface area contributed by atoms with E-state index in [2.05, 4.69) is 10.6 Å². The van der Waals surface area contributed by atoms with E-state index >= 15 is 0 Å². The zero-order valence-corrected chi connectivity index (χ0v) is 12.8. The first-order valence-electron chi connectivity index (χ1n) is 6.28. The van der Waals surface area contributed by atoms with Crippen LogP contribution in [0.15, 0.2) is 42.5 Å².